The number of carbonyl (C=O) groups excluding carboxylic acids is 1. The normalized spacial score (nSPS) is 11.6. The standard InChI is InChI=1S/C11H10BrF3O/c1-7-8(3-2-4-9(7)12)10(16)5-6-11(13,14)15/h2-4H,5-6H2,1H3. The van der Waals surface area contributed by atoms with Crippen molar-refractivity contribution in [1.82, 2.24) is 0 Å². The van der Waals surface area contributed by atoms with Crippen LogP contribution in [0.1, 0.15) is 28.8 Å². The van der Waals surface area contributed by atoms with Gasteiger partial charge in [0.2, 0.25) is 0 Å². The molecule has 0 unspecified atom stereocenters. The highest BCUT2D eigenvalue weighted by molar-refractivity contribution is 9.10. The predicted octanol–water partition coefficient (Wildman–Crippen LogP) is 4.28. The third-order valence-electron chi connectivity index (χ3n) is 2.20. The lowest BCUT2D eigenvalue weighted by Gasteiger charge is -2.08. The zero-order chi connectivity index (χ0) is 12.3. The first-order chi connectivity index (χ1) is 7.31. The predicted molar refractivity (Wildman–Crippen MR) is 58.5 cm³/mol. The summed E-state index contributed by atoms with van der Waals surface area (Å²) in [6.45, 7) is 1.70. The molecule has 0 aliphatic heterocycles. The third-order valence-corrected chi connectivity index (χ3v) is 3.06. The van der Waals surface area contributed by atoms with Crippen LogP contribution < -0.4 is 0 Å². The van der Waals surface area contributed by atoms with Crippen molar-refractivity contribution >= 4 is 21.7 Å². The van der Waals surface area contributed by atoms with E-state index in [0.717, 1.165) is 4.47 Å². The Morgan fingerprint density at radius 1 is 1.38 bits per heavy atom. The van der Waals surface area contributed by atoms with Crippen molar-refractivity contribution in [2.24, 2.45) is 0 Å². The number of halogens is 4. The molecule has 0 saturated heterocycles. The molecule has 0 aliphatic carbocycles. The van der Waals surface area contributed by atoms with E-state index in [9.17, 15) is 18.0 Å². The molecule has 88 valence electrons. The smallest absolute Gasteiger partial charge is 0.294 e. The van der Waals surface area contributed by atoms with Crippen molar-refractivity contribution in [3.63, 3.8) is 0 Å². The summed E-state index contributed by atoms with van der Waals surface area (Å²) in [4.78, 5) is 11.5. The number of carbonyl (C=O) groups is 1. The van der Waals surface area contributed by atoms with Gasteiger partial charge in [0, 0.05) is 16.5 Å². The van der Waals surface area contributed by atoms with Crippen molar-refractivity contribution in [3.8, 4) is 0 Å². The molecule has 0 atom stereocenters. The maximum absolute atomic E-state index is 12.0. The minimum atomic E-state index is -4.28. The number of Topliss-reactive ketones (excluding diaryl/α,β-unsaturated/α-hetero) is 1. The average Bonchev–Trinajstić information content (AvgIpc) is 2.17. The van der Waals surface area contributed by atoms with E-state index >= 15 is 0 Å². The molecule has 0 N–H and O–H groups in total. The number of hydrogen-bond donors (Lipinski definition) is 0. The minimum Gasteiger partial charge on any atom is -0.294 e. The molecular weight excluding hydrogens is 285 g/mol. The Balaban J connectivity index is 2.78. The highest BCUT2D eigenvalue weighted by Crippen LogP contribution is 2.25. The summed E-state index contributed by atoms with van der Waals surface area (Å²) in [6.07, 6.45) is -5.85. The van der Waals surface area contributed by atoms with E-state index in [2.05, 4.69) is 15.9 Å². The molecule has 1 rings (SSSR count). The molecule has 1 aromatic carbocycles. The van der Waals surface area contributed by atoms with Gasteiger partial charge in [-0.25, -0.2) is 0 Å². The van der Waals surface area contributed by atoms with Crippen LogP contribution in [0.25, 0.3) is 0 Å². The van der Waals surface area contributed by atoms with E-state index < -0.39 is 24.8 Å². The Hall–Kier alpha value is -0.840. The van der Waals surface area contributed by atoms with Crippen LogP contribution in [0.5, 0.6) is 0 Å². The van der Waals surface area contributed by atoms with Gasteiger partial charge in [0.15, 0.2) is 5.78 Å². The Labute approximate surface area is 99.8 Å². The van der Waals surface area contributed by atoms with Crippen molar-refractivity contribution < 1.29 is 18.0 Å². The van der Waals surface area contributed by atoms with Gasteiger partial charge < -0.3 is 0 Å². The molecule has 1 nitrogen and oxygen atoms in total. The maximum Gasteiger partial charge on any atom is 0.389 e. The van der Waals surface area contributed by atoms with Crippen LogP contribution in [0.3, 0.4) is 0 Å². The Bertz CT molecular complexity index is 399. The summed E-state index contributed by atoms with van der Waals surface area (Å²) in [5, 5.41) is 0. The van der Waals surface area contributed by atoms with Gasteiger partial charge in [-0.05, 0) is 18.6 Å². The zero-order valence-electron chi connectivity index (χ0n) is 8.57. The van der Waals surface area contributed by atoms with Crippen LogP contribution in [0.15, 0.2) is 22.7 Å². The summed E-state index contributed by atoms with van der Waals surface area (Å²) in [6, 6.07) is 4.92. The Morgan fingerprint density at radius 3 is 2.56 bits per heavy atom. The first-order valence-electron chi connectivity index (χ1n) is 4.66. The Morgan fingerprint density at radius 2 is 2.00 bits per heavy atom. The Kier molecular flexibility index (Phi) is 4.13. The van der Waals surface area contributed by atoms with Gasteiger partial charge in [-0.2, -0.15) is 13.2 Å². The van der Waals surface area contributed by atoms with E-state index in [4.69, 9.17) is 0 Å². The molecule has 1 aromatic rings. The van der Waals surface area contributed by atoms with Crippen LogP contribution in [0, 0.1) is 6.92 Å². The molecule has 16 heavy (non-hydrogen) atoms. The maximum atomic E-state index is 12.0. The molecule has 0 aliphatic rings. The monoisotopic (exact) mass is 294 g/mol. The van der Waals surface area contributed by atoms with Gasteiger partial charge >= 0.3 is 6.18 Å². The van der Waals surface area contributed by atoms with E-state index in [1.54, 1.807) is 25.1 Å². The van der Waals surface area contributed by atoms with Crippen LogP contribution in [0.4, 0.5) is 13.2 Å². The van der Waals surface area contributed by atoms with E-state index in [1.807, 2.05) is 0 Å². The lowest BCUT2D eigenvalue weighted by atomic mass is 10.0. The number of rotatable bonds is 3. The molecule has 0 aromatic heterocycles. The fourth-order valence-corrected chi connectivity index (χ4v) is 1.67. The molecule has 0 amide bonds. The molecule has 0 spiro atoms. The SMILES string of the molecule is Cc1c(Br)cccc1C(=O)CCC(F)(F)F. The van der Waals surface area contributed by atoms with Gasteiger partial charge in [-0.15, -0.1) is 0 Å². The fourth-order valence-electron chi connectivity index (χ4n) is 1.30. The molecule has 5 heteroatoms. The topological polar surface area (TPSA) is 17.1 Å². The summed E-state index contributed by atoms with van der Waals surface area (Å²) in [5.41, 5.74) is 1.02. The summed E-state index contributed by atoms with van der Waals surface area (Å²) in [5.74, 6) is -0.476. The molecule has 0 fully saturated rings. The fraction of sp³-hybridized carbons (Fsp3) is 0.364. The second kappa shape index (κ2) is 4.99. The minimum absolute atomic E-state index is 0.346. The van der Waals surface area contributed by atoms with E-state index in [-0.39, 0.29) is 0 Å². The number of ketones is 1. The lowest BCUT2D eigenvalue weighted by molar-refractivity contribution is -0.133. The van der Waals surface area contributed by atoms with Crippen LogP contribution >= 0.6 is 15.9 Å². The van der Waals surface area contributed by atoms with Crippen LogP contribution in [-0.4, -0.2) is 12.0 Å². The lowest BCUT2D eigenvalue weighted by Crippen LogP contribution is -2.11. The highest BCUT2D eigenvalue weighted by Gasteiger charge is 2.28. The second-order valence-electron chi connectivity index (χ2n) is 3.45. The van der Waals surface area contributed by atoms with Crippen LogP contribution in [0.2, 0.25) is 0 Å². The quantitative estimate of drug-likeness (QED) is 0.761. The first-order valence-corrected chi connectivity index (χ1v) is 5.45. The first kappa shape index (κ1) is 13.2. The second-order valence-corrected chi connectivity index (χ2v) is 4.31. The van der Waals surface area contributed by atoms with Crippen molar-refractivity contribution in [2.45, 2.75) is 25.9 Å². The van der Waals surface area contributed by atoms with Gasteiger partial charge in [0.25, 0.3) is 0 Å². The molecule has 0 heterocycles. The molecule has 0 bridgehead atoms. The molecule has 0 saturated carbocycles. The summed E-state index contributed by atoms with van der Waals surface area (Å²) < 4.78 is 36.6. The third kappa shape index (κ3) is 3.63. The van der Waals surface area contributed by atoms with Crippen molar-refractivity contribution in [2.75, 3.05) is 0 Å². The molecular formula is C11H10BrF3O. The van der Waals surface area contributed by atoms with E-state index in [0.29, 0.717) is 11.1 Å². The van der Waals surface area contributed by atoms with Crippen molar-refractivity contribution in [1.29, 1.82) is 0 Å². The van der Waals surface area contributed by atoms with Gasteiger partial charge in [-0.1, -0.05) is 28.1 Å². The molecule has 0 radical (unpaired) electrons. The zero-order valence-corrected chi connectivity index (χ0v) is 10.2. The summed E-state index contributed by atoms with van der Waals surface area (Å²) in [7, 11) is 0. The number of benzene rings is 1. The highest BCUT2D eigenvalue weighted by atomic mass is 79.9. The van der Waals surface area contributed by atoms with Crippen LogP contribution in [-0.2, 0) is 0 Å². The van der Waals surface area contributed by atoms with Gasteiger partial charge in [0.05, 0.1) is 6.42 Å². The average molecular weight is 295 g/mol. The largest absolute Gasteiger partial charge is 0.389 e. The van der Waals surface area contributed by atoms with Gasteiger partial charge in [-0.3, -0.25) is 4.79 Å². The van der Waals surface area contributed by atoms with E-state index in [1.165, 1.54) is 0 Å². The number of alkyl halides is 3. The summed E-state index contributed by atoms with van der Waals surface area (Å²) >= 11 is 3.23. The van der Waals surface area contributed by atoms with Gasteiger partial charge in [0.1, 0.15) is 0 Å². The van der Waals surface area contributed by atoms with Crippen molar-refractivity contribution in [3.05, 3.63) is 33.8 Å². The number of hydrogen-bond acceptors (Lipinski definition) is 1.